The molecule has 0 spiro atoms. The second-order valence-corrected chi connectivity index (χ2v) is 3.77. The van der Waals surface area contributed by atoms with Gasteiger partial charge in [0.1, 0.15) is 5.84 Å². The summed E-state index contributed by atoms with van der Waals surface area (Å²) in [6, 6.07) is 0. The number of hydrogen-bond acceptors (Lipinski definition) is 3. The average molecular weight is 217 g/mol. The predicted octanol–water partition coefficient (Wildman–Crippen LogP) is 1.54. The summed E-state index contributed by atoms with van der Waals surface area (Å²) in [5.74, 6) is 0.972. The minimum atomic E-state index is 0.0592. The Bertz CT molecular complexity index is 404. The molecule has 0 aromatic rings. The molecule has 0 aliphatic carbocycles. The number of carbonyl (C=O) groups is 1. The van der Waals surface area contributed by atoms with Gasteiger partial charge in [-0.1, -0.05) is 13.0 Å². The van der Waals surface area contributed by atoms with E-state index in [0.29, 0.717) is 13.0 Å². The zero-order valence-corrected chi connectivity index (χ0v) is 9.31. The molecule has 0 saturated carbocycles. The van der Waals surface area contributed by atoms with Gasteiger partial charge in [0.2, 0.25) is 5.91 Å². The number of nitrogens with zero attached hydrogens (tertiary/aromatic N) is 2. The molecule has 0 aromatic heterocycles. The lowest BCUT2D eigenvalue weighted by molar-refractivity contribution is -0.120. The number of amidine groups is 1. The van der Waals surface area contributed by atoms with Gasteiger partial charge in [-0.3, -0.25) is 4.79 Å². The Kier molecular flexibility index (Phi) is 3.19. The highest BCUT2D eigenvalue weighted by Crippen LogP contribution is 2.11. The second kappa shape index (κ2) is 4.79. The molecule has 4 nitrogen and oxygen atoms in total. The van der Waals surface area contributed by atoms with Crippen LogP contribution in [0.2, 0.25) is 0 Å². The molecule has 0 aromatic carbocycles. The van der Waals surface area contributed by atoms with E-state index in [1.807, 2.05) is 36.3 Å². The maximum Gasteiger partial charge on any atom is 0.224 e. The Morgan fingerprint density at radius 2 is 2.44 bits per heavy atom. The highest BCUT2D eigenvalue weighted by atomic mass is 16.1. The first-order valence-electron chi connectivity index (χ1n) is 5.48. The van der Waals surface area contributed by atoms with Gasteiger partial charge < -0.3 is 10.2 Å². The Hall–Kier alpha value is -1.84. The number of hydrogen-bond donors (Lipinski definition) is 1. The van der Waals surface area contributed by atoms with Crippen molar-refractivity contribution in [3.63, 3.8) is 0 Å². The summed E-state index contributed by atoms with van der Waals surface area (Å²) < 4.78 is 0. The van der Waals surface area contributed by atoms with Gasteiger partial charge in [-0.25, -0.2) is 4.99 Å². The molecule has 2 aliphatic rings. The van der Waals surface area contributed by atoms with Crippen molar-refractivity contribution in [1.29, 1.82) is 0 Å². The highest BCUT2D eigenvalue weighted by molar-refractivity contribution is 5.96. The number of rotatable bonds is 3. The van der Waals surface area contributed by atoms with Crippen LogP contribution in [0, 0.1) is 0 Å². The van der Waals surface area contributed by atoms with Crippen molar-refractivity contribution in [3.8, 4) is 0 Å². The molecule has 84 valence electrons. The Balaban J connectivity index is 2.01. The quantitative estimate of drug-likeness (QED) is 0.779. The molecular formula is C12H15N3O. The fourth-order valence-electron chi connectivity index (χ4n) is 1.63. The van der Waals surface area contributed by atoms with Crippen LogP contribution in [-0.2, 0) is 4.79 Å². The lowest BCUT2D eigenvalue weighted by Gasteiger charge is -2.26. The van der Waals surface area contributed by atoms with E-state index >= 15 is 0 Å². The summed E-state index contributed by atoms with van der Waals surface area (Å²) >= 11 is 0. The summed E-state index contributed by atoms with van der Waals surface area (Å²) in [4.78, 5) is 17.7. The summed E-state index contributed by atoms with van der Waals surface area (Å²) in [5, 5.41) is 2.87. The normalized spacial score (nSPS) is 17.7. The molecule has 1 amide bonds. The monoisotopic (exact) mass is 217 g/mol. The molecule has 0 saturated heterocycles. The fraction of sp³-hybridized carbons (Fsp3) is 0.333. The smallest absolute Gasteiger partial charge is 0.224 e. The van der Waals surface area contributed by atoms with Crippen molar-refractivity contribution < 1.29 is 4.79 Å². The molecule has 1 N–H and O–H groups in total. The van der Waals surface area contributed by atoms with Crippen LogP contribution >= 0.6 is 0 Å². The fourth-order valence-corrected chi connectivity index (χ4v) is 1.63. The summed E-state index contributed by atoms with van der Waals surface area (Å²) in [7, 11) is 0. The Labute approximate surface area is 95.0 Å². The number of aliphatic imine (C=N–C) groups is 1. The van der Waals surface area contributed by atoms with E-state index < -0.39 is 0 Å². The van der Waals surface area contributed by atoms with E-state index in [-0.39, 0.29) is 5.91 Å². The van der Waals surface area contributed by atoms with Gasteiger partial charge in [0.05, 0.1) is 18.4 Å². The average Bonchev–Trinajstić information content (AvgIpc) is 2.29. The maximum absolute atomic E-state index is 11.4. The van der Waals surface area contributed by atoms with E-state index in [2.05, 4.69) is 10.3 Å². The molecule has 0 unspecified atom stereocenters. The number of allylic oxidation sites excluding steroid dienone is 2. The summed E-state index contributed by atoms with van der Waals surface area (Å²) in [6.07, 6.45) is 10.9. The molecule has 0 radical (unpaired) electrons. The molecule has 16 heavy (non-hydrogen) atoms. The first kappa shape index (κ1) is 10.7. The van der Waals surface area contributed by atoms with E-state index in [1.165, 1.54) is 0 Å². The van der Waals surface area contributed by atoms with Crippen LogP contribution in [0.1, 0.15) is 19.8 Å². The van der Waals surface area contributed by atoms with Gasteiger partial charge in [-0.2, -0.15) is 0 Å². The molecule has 2 aliphatic heterocycles. The molecular weight excluding hydrogens is 202 g/mol. The first-order chi connectivity index (χ1) is 7.79. The third kappa shape index (κ3) is 2.39. The zero-order valence-electron chi connectivity index (χ0n) is 9.31. The van der Waals surface area contributed by atoms with Crippen LogP contribution in [0.3, 0.4) is 0 Å². The number of carbonyl (C=O) groups excluding carboxylic acids is 1. The van der Waals surface area contributed by atoms with Gasteiger partial charge in [0.25, 0.3) is 0 Å². The SMILES string of the molecule is CCCC(=O)NC1=CN=C2C=CC=CN2C1. The van der Waals surface area contributed by atoms with Crippen LogP contribution in [0.5, 0.6) is 0 Å². The minimum absolute atomic E-state index is 0.0592. The van der Waals surface area contributed by atoms with Gasteiger partial charge in [-0.05, 0) is 18.6 Å². The van der Waals surface area contributed by atoms with Crippen molar-refractivity contribution in [2.75, 3.05) is 6.54 Å². The van der Waals surface area contributed by atoms with Gasteiger partial charge >= 0.3 is 0 Å². The lowest BCUT2D eigenvalue weighted by atomic mass is 10.2. The van der Waals surface area contributed by atoms with Gasteiger partial charge in [-0.15, -0.1) is 0 Å². The Morgan fingerprint density at radius 3 is 3.25 bits per heavy atom. The van der Waals surface area contributed by atoms with Crippen LogP contribution in [0.25, 0.3) is 0 Å². The van der Waals surface area contributed by atoms with E-state index in [1.54, 1.807) is 6.20 Å². The van der Waals surface area contributed by atoms with Crippen molar-refractivity contribution >= 4 is 11.7 Å². The van der Waals surface area contributed by atoms with Gasteiger partial charge in [0, 0.05) is 12.6 Å². The third-order valence-corrected chi connectivity index (χ3v) is 2.39. The highest BCUT2D eigenvalue weighted by Gasteiger charge is 2.15. The van der Waals surface area contributed by atoms with Crippen molar-refractivity contribution in [3.05, 3.63) is 36.3 Å². The number of nitrogens with one attached hydrogen (secondary N) is 1. The summed E-state index contributed by atoms with van der Waals surface area (Å²) in [5.41, 5.74) is 0.849. The number of fused-ring (bicyclic) bond motifs is 1. The van der Waals surface area contributed by atoms with E-state index in [9.17, 15) is 4.79 Å². The van der Waals surface area contributed by atoms with Crippen LogP contribution in [0.4, 0.5) is 0 Å². The van der Waals surface area contributed by atoms with Crippen LogP contribution in [-0.4, -0.2) is 23.2 Å². The van der Waals surface area contributed by atoms with E-state index in [0.717, 1.165) is 18.0 Å². The Morgan fingerprint density at radius 1 is 1.56 bits per heavy atom. The molecule has 0 fully saturated rings. The summed E-state index contributed by atoms with van der Waals surface area (Å²) in [6.45, 7) is 2.67. The topological polar surface area (TPSA) is 44.7 Å². The standard InChI is InChI=1S/C12H15N3O/c1-2-5-12(16)14-10-8-13-11-6-3-4-7-15(11)9-10/h3-4,6-8H,2,5,9H2,1H3,(H,14,16). The number of amides is 1. The lowest BCUT2D eigenvalue weighted by Crippen LogP contribution is -2.36. The van der Waals surface area contributed by atoms with Crippen LogP contribution < -0.4 is 5.32 Å². The largest absolute Gasteiger partial charge is 0.327 e. The molecule has 2 rings (SSSR count). The predicted molar refractivity (Wildman–Crippen MR) is 63.6 cm³/mol. The third-order valence-electron chi connectivity index (χ3n) is 2.39. The minimum Gasteiger partial charge on any atom is -0.327 e. The van der Waals surface area contributed by atoms with Crippen molar-refractivity contribution in [2.45, 2.75) is 19.8 Å². The van der Waals surface area contributed by atoms with E-state index in [4.69, 9.17) is 0 Å². The first-order valence-corrected chi connectivity index (χ1v) is 5.48. The molecule has 4 heteroatoms. The molecule has 2 heterocycles. The van der Waals surface area contributed by atoms with Crippen LogP contribution in [0.15, 0.2) is 41.3 Å². The molecule has 0 atom stereocenters. The maximum atomic E-state index is 11.4. The van der Waals surface area contributed by atoms with Crippen molar-refractivity contribution in [1.82, 2.24) is 10.2 Å². The molecule has 0 bridgehead atoms. The zero-order chi connectivity index (χ0) is 11.4. The second-order valence-electron chi connectivity index (χ2n) is 3.77. The van der Waals surface area contributed by atoms with Crippen molar-refractivity contribution in [2.24, 2.45) is 4.99 Å². The van der Waals surface area contributed by atoms with Gasteiger partial charge in [0.15, 0.2) is 0 Å².